The Morgan fingerprint density at radius 1 is 1.00 bits per heavy atom. The number of hydrogen-bond acceptors (Lipinski definition) is 3. The number of amides is 2. The Hall–Kier alpha value is -3.05. The molecule has 2 aromatic carbocycles. The van der Waals surface area contributed by atoms with Crippen molar-refractivity contribution in [3.8, 4) is 5.75 Å². The molecule has 26 heavy (non-hydrogen) atoms. The number of allylic oxidation sites excluding steroid dienone is 3. The molecule has 0 saturated heterocycles. The highest BCUT2D eigenvalue weighted by Gasteiger charge is 2.06. The second kappa shape index (κ2) is 10.1. The third-order valence-corrected chi connectivity index (χ3v) is 3.54. The fourth-order valence-corrected chi connectivity index (χ4v) is 2.06. The van der Waals surface area contributed by atoms with E-state index in [1.807, 2.05) is 6.92 Å². The van der Waals surface area contributed by atoms with E-state index in [-0.39, 0.29) is 0 Å². The van der Waals surface area contributed by atoms with E-state index in [9.17, 15) is 9.59 Å². The molecule has 5 nitrogen and oxygen atoms in total. The van der Waals surface area contributed by atoms with Gasteiger partial charge in [-0.25, -0.2) is 0 Å². The molecule has 134 valence electrons. The Morgan fingerprint density at radius 2 is 1.69 bits per heavy atom. The number of benzene rings is 2. The molecule has 0 spiro atoms. The van der Waals surface area contributed by atoms with E-state index in [0.717, 1.165) is 5.56 Å². The van der Waals surface area contributed by atoms with Crippen LogP contribution in [0, 0.1) is 0 Å². The third kappa shape index (κ3) is 6.45. The number of ether oxygens (including phenoxy) is 1. The smallest absolute Gasteiger partial charge is 0.269 e. The van der Waals surface area contributed by atoms with Crippen molar-refractivity contribution in [2.75, 3.05) is 0 Å². The first-order chi connectivity index (χ1) is 12.6. The van der Waals surface area contributed by atoms with Crippen molar-refractivity contribution in [3.05, 3.63) is 89.0 Å². The molecule has 0 fully saturated rings. The van der Waals surface area contributed by atoms with Crippen LogP contribution in [-0.4, -0.2) is 11.8 Å². The second-order valence-corrected chi connectivity index (χ2v) is 5.70. The lowest BCUT2D eigenvalue weighted by Crippen LogP contribution is -2.40. The Bertz CT molecular complexity index is 797. The molecule has 2 amide bonds. The van der Waals surface area contributed by atoms with Gasteiger partial charge in [-0.15, -0.1) is 0 Å². The molecule has 2 rings (SSSR count). The maximum Gasteiger partial charge on any atom is 0.269 e. The highest BCUT2D eigenvalue weighted by Crippen LogP contribution is 2.17. The summed E-state index contributed by atoms with van der Waals surface area (Å²) in [5.41, 5.74) is 6.00. The number of halogens is 1. The van der Waals surface area contributed by atoms with Crippen LogP contribution >= 0.6 is 11.6 Å². The molecule has 0 aliphatic heterocycles. The molecule has 0 aliphatic carbocycles. The number of hydrazine groups is 1. The van der Waals surface area contributed by atoms with Gasteiger partial charge in [0.1, 0.15) is 12.4 Å². The normalized spacial score (nSPS) is 10.8. The summed E-state index contributed by atoms with van der Waals surface area (Å²) in [6, 6.07) is 14.0. The van der Waals surface area contributed by atoms with Crippen LogP contribution in [-0.2, 0) is 11.4 Å². The van der Waals surface area contributed by atoms with Crippen molar-refractivity contribution in [2.24, 2.45) is 0 Å². The number of rotatable bonds is 6. The van der Waals surface area contributed by atoms with Gasteiger partial charge in [0.2, 0.25) is 0 Å². The fourth-order valence-electron chi connectivity index (χ4n) is 1.94. The molecule has 0 saturated carbocycles. The molecule has 0 radical (unpaired) electrons. The van der Waals surface area contributed by atoms with Crippen molar-refractivity contribution in [1.82, 2.24) is 10.9 Å². The summed E-state index contributed by atoms with van der Waals surface area (Å²) in [6.07, 6.45) is 6.40. The predicted octanol–water partition coefficient (Wildman–Crippen LogP) is 3.81. The Morgan fingerprint density at radius 3 is 2.35 bits per heavy atom. The van der Waals surface area contributed by atoms with E-state index in [0.29, 0.717) is 22.9 Å². The standard InChI is InChI=1S/C20H19ClN2O3/c1-2-3-4-5-19(24)22-23-20(25)16-8-6-15(7-9-16)14-26-18-12-10-17(21)11-13-18/h2-13H,14H2,1H3,(H,22,24)(H,23,25)/b3-2+,5-4+. The maximum atomic E-state index is 12.0. The SMILES string of the molecule is C/C=C/C=C/C(=O)NNC(=O)c1ccc(COc2ccc(Cl)cc2)cc1. The van der Waals surface area contributed by atoms with Gasteiger partial charge in [-0.2, -0.15) is 0 Å². The summed E-state index contributed by atoms with van der Waals surface area (Å²) in [4.78, 5) is 23.5. The maximum absolute atomic E-state index is 12.0. The molecule has 0 atom stereocenters. The zero-order chi connectivity index (χ0) is 18.8. The van der Waals surface area contributed by atoms with Crippen LogP contribution in [0.5, 0.6) is 5.75 Å². The molecule has 2 aromatic rings. The zero-order valence-electron chi connectivity index (χ0n) is 14.2. The summed E-state index contributed by atoms with van der Waals surface area (Å²) in [7, 11) is 0. The minimum absolute atomic E-state index is 0.371. The molecule has 0 aliphatic rings. The number of carbonyl (C=O) groups excluding carboxylic acids is 2. The number of hydrogen-bond donors (Lipinski definition) is 2. The average Bonchev–Trinajstić information content (AvgIpc) is 2.66. The van der Waals surface area contributed by atoms with Gasteiger partial charge in [0, 0.05) is 16.7 Å². The van der Waals surface area contributed by atoms with Crippen molar-refractivity contribution >= 4 is 23.4 Å². The van der Waals surface area contributed by atoms with E-state index >= 15 is 0 Å². The van der Waals surface area contributed by atoms with Crippen molar-refractivity contribution in [2.45, 2.75) is 13.5 Å². The van der Waals surface area contributed by atoms with Crippen LogP contribution in [0.1, 0.15) is 22.8 Å². The molecule has 0 unspecified atom stereocenters. The molecule has 0 bridgehead atoms. The average molecular weight is 371 g/mol. The fraction of sp³-hybridized carbons (Fsp3) is 0.100. The number of carbonyl (C=O) groups is 2. The van der Waals surface area contributed by atoms with E-state index in [2.05, 4.69) is 10.9 Å². The minimum atomic E-state index is -0.413. The lowest BCUT2D eigenvalue weighted by molar-refractivity contribution is -0.117. The lowest BCUT2D eigenvalue weighted by atomic mass is 10.1. The highest BCUT2D eigenvalue weighted by atomic mass is 35.5. The molecular weight excluding hydrogens is 352 g/mol. The van der Waals surface area contributed by atoms with Crippen LogP contribution in [0.25, 0.3) is 0 Å². The first kappa shape index (κ1) is 19.3. The van der Waals surface area contributed by atoms with Crippen LogP contribution in [0.3, 0.4) is 0 Å². The second-order valence-electron chi connectivity index (χ2n) is 5.27. The summed E-state index contributed by atoms with van der Waals surface area (Å²) in [6.45, 7) is 2.21. The van der Waals surface area contributed by atoms with Crippen LogP contribution in [0.15, 0.2) is 72.8 Å². The summed E-state index contributed by atoms with van der Waals surface area (Å²) in [5.74, 6) is -0.0997. The van der Waals surface area contributed by atoms with Gasteiger partial charge in [-0.1, -0.05) is 42.0 Å². The topological polar surface area (TPSA) is 67.4 Å². The molecular formula is C20H19ClN2O3. The minimum Gasteiger partial charge on any atom is -0.489 e. The Labute approximate surface area is 157 Å². The first-order valence-corrected chi connectivity index (χ1v) is 8.33. The molecule has 2 N–H and O–H groups in total. The summed E-state index contributed by atoms with van der Waals surface area (Å²) in [5, 5.41) is 0.650. The lowest BCUT2D eigenvalue weighted by Gasteiger charge is -2.08. The van der Waals surface area contributed by atoms with Gasteiger partial charge < -0.3 is 4.74 Å². The van der Waals surface area contributed by atoms with Crippen LogP contribution < -0.4 is 15.6 Å². The Balaban J connectivity index is 1.83. The van der Waals surface area contributed by atoms with E-state index in [1.165, 1.54) is 6.08 Å². The van der Waals surface area contributed by atoms with Gasteiger partial charge in [0.25, 0.3) is 11.8 Å². The van der Waals surface area contributed by atoms with Gasteiger partial charge in [0.15, 0.2) is 0 Å². The monoisotopic (exact) mass is 370 g/mol. The first-order valence-electron chi connectivity index (χ1n) is 7.95. The van der Waals surface area contributed by atoms with E-state index in [4.69, 9.17) is 16.3 Å². The quantitative estimate of drug-likeness (QED) is 0.461. The van der Waals surface area contributed by atoms with Crippen molar-refractivity contribution in [3.63, 3.8) is 0 Å². The van der Waals surface area contributed by atoms with Gasteiger partial charge in [0.05, 0.1) is 0 Å². The van der Waals surface area contributed by atoms with Crippen molar-refractivity contribution < 1.29 is 14.3 Å². The van der Waals surface area contributed by atoms with Crippen LogP contribution in [0.4, 0.5) is 0 Å². The van der Waals surface area contributed by atoms with E-state index < -0.39 is 11.8 Å². The number of nitrogens with one attached hydrogen (secondary N) is 2. The van der Waals surface area contributed by atoms with Gasteiger partial charge in [-0.05, 0) is 48.9 Å². The summed E-state index contributed by atoms with van der Waals surface area (Å²) >= 11 is 5.83. The van der Waals surface area contributed by atoms with Crippen LogP contribution in [0.2, 0.25) is 5.02 Å². The summed E-state index contributed by atoms with van der Waals surface area (Å²) < 4.78 is 5.64. The molecule has 0 heterocycles. The van der Waals surface area contributed by atoms with Gasteiger partial charge in [-0.3, -0.25) is 20.4 Å². The third-order valence-electron chi connectivity index (χ3n) is 3.29. The predicted molar refractivity (Wildman–Crippen MR) is 102 cm³/mol. The zero-order valence-corrected chi connectivity index (χ0v) is 15.0. The molecule has 6 heteroatoms. The molecule has 0 aromatic heterocycles. The van der Waals surface area contributed by atoms with Crippen molar-refractivity contribution in [1.29, 1.82) is 0 Å². The van der Waals surface area contributed by atoms with E-state index in [1.54, 1.807) is 66.8 Å². The van der Waals surface area contributed by atoms with Gasteiger partial charge >= 0.3 is 0 Å². The highest BCUT2D eigenvalue weighted by molar-refractivity contribution is 6.30. The largest absolute Gasteiger partial charge is 0.489 e. The Kier molecular flexibility index (Phi) is 7.46.